The summed E-state index contributed by atoms with van der Waals surface area (Å²) >= 11 is 5.63. The van der Waals surface area contributed by atoms with E-state index in [4.69, 9.17) is 22.1 Å². The molecule has 3 rings (SSSR count). The maximum atomic E-state index is 5.63. The number of likely N-dealkylation sites (tertiary alicyclic amines) is 1. The lowest BCUT2D eigenvalue weighted by Gasteiger charge is -2.21. The molecule has 0 amide bonds. The van der Waals surface area contributed by atoms with Crippen molar-refractivity contribution in [3.05, 3.63) is 29.0 Å². The van der Waals surface area contributed by atoms with Crippen LogP contribution in [-0.2, 0) is 13.7 Å². The summed E-state index contributed by atoms with van der Waals surface area (Å²) in [6.45, 7) is 3.27. The van der Waals surface area contributed by atoms with Gasteiger partial charge in [-0.1, -0.05) is 18.6 Å². The summed E-state index contributed by atoms with van der Waals surface area (Å²) in [6.07, 6.45) is 6.69. The molecule has 24 heavy (non-hydrogen) atoms. The normalized spacial score (nSPS) is 16.6. The molecule has 0 spiro atoms. The number of quaternary nitrogens is 1. The zero-order valence-electron chi connectivity index (χ0n) is 14.6. The van der Waals surface area contributed by atoms with Crippen molar-refractivity contribution >= 4 is 12.2 Å². The van der Waals surface area contributed by atoms with E-state index in [2.05, 4.69) is 0 Å². The van der Waals surface area contributed by atoms with Crippen LogP contribution in [0.15, 0.2) is 24.3 Å². The second-order valence-corrected chi connectivity index (χ2v) is 6.91. The van der Waals surface area contributed by atoms with Crippen LogP contribution >= 0.6 is 12.2 Å². The highest BCUT2D eigenvalue weighted by Gasteiger charge is 2.17. The molecule has 6 heteroatoms. The number of benzene rings is 1. The van der Waals surface area contributed by atoms with E-state index >= 15 is 0 Å². The quantitative estimate of drug-likeness (QED) is 0.863. The van der Waals surface area contributed by atoms with Crippen molar-refractivity contribution < 1.29 is 9.64 Å². The Bertz CT molecular complexity index is 729. The number of methoxy groups -OCH3 is 1. The molecule has 1 aromatic heterocycles. The molecule has 0 unspecified atom stereocenters. The summed E-state index contributed by atoms with van der Waals surface area (Å²) in [5.41, 5.74) is 0.981. The molecule has 2 heterocycles. The van der Waals surface area contributed by atoms with Crippen LogP contribution in [-0.4, -0.2) is 34.5 Å². The predicted molar refractivity (Wildman–Crippen MR) is 97.8 cm³/mol. The number of hydrogen-bond acceptors (Lipinski definition) is 3. The van der Waals surface area contributed by atoms with Crippen LogP contribution < -0.4 is 9.64 Å². The van der Waals surface area contributed by atoms with Gasteiger partial charge in [0.05, 0.1) is 25.8 Å². The summed E-state index contributed by atoms with van der Waals surface area (Å²) in [4.78, 5) is 1.58. The third-order valence-electron chi connectivity index (χ3n) is 4.82. The van der Waals surface area contributed by atoms with Gasteiger partial charge in [0.1, 0.15) is 5.75 Å². The summed E-state index contributed by atoms with van der Waals surface area (Å²) < 4.78 is 10.2. The first kappa shape index (κ1) is 17.2. The highest BCUT2D eigenvalue weighted by molar-refractivity contribution is 7.71. The molecule has 1 N–H and O–H groups in total. The van der Waals surface area contributed by atoms with Crippen LogP contribution in [0.1, 0.15) is 32.1 Å². The Labute approximate surface area is 148 Å². The predicted octanol–water partition coefficient (Wildman–Crippen LogP) is 2.43. The van der Waals surface area contributed by atoms with Crippen LogP contribution in [0.25, 0.3) is 11.4 Å². The van der Waals surface area contributed by atoms with Gasteiger partial charge in [0.25, 0.3) is 0 Å². The summed E-state index contributed by atoms with van der Waals surface area (Å²) in [6, 6.07) is 7.96. The topological polar surface area (TPSA) is 36.4 Å². The maximum Gasteiger partial charge on any atom is 0.202 e. The fourth-order valence-electron chi connectivity index (χ4n) is 3.43. The van der Waals surface area contributed by atoms with Gasteiger partial charge in [-0.25, -0.2) is 0 Å². The molecule has 1 fully saturated rings. The zero-order valence-corrected chi connectivity index (χ0v) is 15.4. The molecular formula is C18H27N4OS+. The Morgan fingerprint density at radius 1 is 1.12 bits per heavy atom. The van der Waals surface area contributed by atoms with Gasteiger partial charge in [-0.05, 0) is 50.0 Å². The SMILES string of the molecule is COc1ccccc1-c1nn(C[NH+]2CCCCCCC2)c(=S)n1C. The number of nitrogens with zero attached hydrogens (tertiary/aromatic N) is 3. The first-order valence-corrected chi connectivity index (χ1v) is 9.22. The highest BCUT2D eigenvalue weighted by atomic mass is 32.1. The van der Waals surface area contributed by atoms with Crippen LogP contribution in [0.2, 0.25) is 0 Å². The lowest BCUT2D eigenvalue weighted by Crippen LogP contribution is -3.11. The number of nitrogens with one attached hydrogen (secondary N) is 1. The third-order valence-corrected chi connectivity index (χ3v) is 5.31. The minimum absolute atomic E-state index is 0.769. The molecule has 130 valence electrons. The fourth-order valence-corrected chi connectivity index (χ4v) is 3.62. The van der Waals surface area contributed by atoms with Gasteiger partial charge in [-0.15, -0.1) is 5.10 Å². The van der Waals surface area contributed by atoms with Crippen molar-refractivity contribution in [2.45, 2.75) is 38.8 Å². The van der Waals surface area contributed by atoms with E-state index in [-0.39, 0.29) is 0 Å². The number of aromatic nitrogens is 3. The molecule has 0 atom stereocenters. The highest BCUT2D eigenvalue weighted by Crippen LogP contribution is 2.27. The van der Waals surface area contributed by atoms with Gasteiger partial charge in [-0.2, -0.15) is 4.68 Å². The third kappa shape index (κ3) is 3.70. The molecular weight excluding hydrogens is 320 g/mol. The Morgan fingerprint density at radius 3 is 2.50 bits per heavy atom. The molecule has 2 aromatic rings. The largest absolute Gasteiger partial charge is 0.496 e. The molecule has 1 aliphatic rings. The second-order valence-electron chi connectivity index (χ2n) is 6.54. The van der Waals surface area contributed by atoms with Gasteiger partial charge in [0, 0.05) is 7.05 Å². The second kappa shape index (κ2) is 7.94. The zero-order chi connectivity index (χ0) is 16.9. The Balaban J connectivity index is 1.87. The van der Waals surface area contributed by atoms with E-state index < -0.39 is 0 Å². The molecule has 0 bridgehead atoms. The summed E-state index contributed by atoms with van der Waals surface area (Å²) in [7, 11) is 3.67. The van der Waals surface area contributed by atoms with Crippen LogP contribution in [0, 0.1) is 4.77 Å². The Hall–Kier alpha value is -1.66. The van der Waals surface area contributed by atoms with E-state index in [1.807, 2.05) is 40.6 Å². The average molecular weight is 348 g/mol. The van der Waals surface area contributed by atoms with Crippen molar-refractivity contribution in [2.75, 3.05) is 20.2 Å². The smallest absolute Gasteiger partial charge is 0.202 e. The number of ether oxygens (including phenoxy) is 1. The van der Waals surface area contributed by atoms with Gasteiger partial charge >= 0.3 is 0 Å². The maximum absolute atomic E-state index is 5.63. The lowest BCUT2D eigenvalue weighted by atomic mass is 10.1. The van der Waals surface area contributed by atoms with Crippen LogP contribution in [0.5, 0.6) is 5.75 Å². The van der Waals surface area contributed by atoms with E-state index in [1.54, 1.807) is 12.0 Å². The minimum Gasteiger partial charge on any atom is -0.496 e. The Kier molecular flexibility index (Phi) is 5.68. The fraction of sp³-hybridized carbons (Fsp3) is 0.556. The van der Waals surface area contributed by atoms with Gasteiger partial charge in [0.2, 0.25) is 4.77 Å². The molecule has 0 radical (unpaired) electrons. The summed E-state index contributed by atoms with van der Waals surface area (Å²) in [5, 5.41) is 4.81. The number of hydrogen-bond donors (Lipinski definition) is 1. The van der Waals surface area contributed by atoms with E-state index in [9.17, 15) is 0 Å². The first-order valence-electron chi connectivity index (χ1n) is 8.81. The van der Waals surface area contributed by atoms with Gasteiger partial charge in [-0.3, -0.25) is 0 Å². The summed E-state index contributed by atoms with van der Waals surface area (Å²) in [5.74, 6) is 1.69. The van der Waals surface area contributed by atoms with Crippen molar-refractivity contribution in [1.82, 2.24) is 14.3 Å². The monoisotopic (exact) mass is 347 g/mol. The molecule has 0 saturated carbocycles. The molecule has 1 saturated heterocycles. The van der Waals surface area contributed by atoms with Crippen molar-refractivity contribution in [3.8, 4) is 17.1 Å². The molecule has 5 nitrogen and oxygen atoms in total. The number of rotatable bonds is 4. The lowest BCUT2D eigenvalue weighted by molar-refractivity contribution is -0.924. The first-order chi connectivity index (χ1) is 11.7. The average Bonchev–Trinajstić information content (AvgIpc) is 2.85. The van der Waals surface area contributed by atoms with Crippen molar-refractivity contribution in [3.63, 3.8) is 0 Å². The minimum atomic E-state index is 0.769. The molecule has 1 aliphatic heterocycles. The van der Waals surface area contributed by atoms with Crippen molar-refractivity contribution in [2.24, 2.45) is 7.05 Å². The Morgan fingerprint density at radius 2 is 1.79 bits per heavy atom. The van der Waals surface area contributed by atoms with Gasteiger partial charge < -0.3 is 14.2 Å². The van der Waals surface area contributed by atoms with E-state index in [0.29, 0.717) is 0 Å². The standard InChI is InChI=1S/C18H26N4OS/c1-20-17(15-10-6-7-11-16(15)23-2)19-22(18(20)24)14-21-12-8-4-3-5-9-13-21/h6-7,10-11H,3-5,8-9,12-14H2,1-2H3/p+1. The van der Waals surface area contributed by atoms with Gasteiger partial charge in [0.15, 0.2) is 12.5 Å². The molecule has 0 aliphatic carbocycles. The van der Waals surface area contributed by atoms with Crippen LogP contribution in [0.4, 0.5) is 0 Å². The molecule has 1 aromatic carbocycles. The van der Waals surface area contributed by atoms with E-state index in [1.165, 1.54) is 45.2 Å². The van der Waals surface area contributed by atoms with Crippen molar-refractivity contribution in [1.29, 1.82) is 0 Å². The number of para-hydroxylation sites is 1. The van der Waals surface area contributed by atoms with Crippen LogP contribution in [0.3, 0.4) is 0 Å². The van der Waals surface area contributed by atoms with E-state index in [0.717, 1.165) is 28.6 Å².